The molecule has 0 N–H and O–H groups in total. The normalized spacial score (nSPS) is 34.8. The fraction of sp³-hybridized carbons (Fsp3) is 0.722. The number of fused-ring (bicyclic) bond motifs is 1. The van der Waals surface area contributed by atoms with Crippen LogP contribution in [0.2, 0.25) is 0 Å². The van der Waals surface area contributed by atoms with Crippen LogP contribution in [0.5, 0.6) is 0 Å². The van der Waals surface area contributed by atoms with Crippen LogP contribution in [0.3, 0.4) is 0 Å². The maximum Gasteiger partial charge on any atom is 0.234 e. The molecule has 1 aromatic rings. The molecule has 2 amide bonds. The lowest BCUT2D eigenvalue weighted by atomic mass is 9.63. The Morgan fingerprint density at radius 2 is 1.56 bits per heavy atom. The minimum absolute atomic E-state index is 0.0211. The maximum atomic E-state index is 12.9. The molecule has 6 rings (SSSR count). The van der Waals surface area contributed by atoms with E-state index in [0.717, 1.165) is 25.7 Å². The summed E-state index contributed by atoms with van der Waals surface area (Å²) in [5.74, 6) is 0.745. The van der Waals surface area contributed by atoms with E-state index in [-0.39, 0.29) is 42.0 Å². The third kappa shape index (κ3) is 2.28. The lowest BCUT2D eigenvalue weighted by Gasteiger charge is -2.38. The predicted molar refractivity (Wildman–Crippen MR) is 87.8 cm³/mol. The molecular weight excluding hydrogens is 318 g/mol. The Bertz CT molecular complexity index is 704. The van der Waals surface area contributed by atoms with E-state index < -0.39 is 0 Å². The van der Waals surface area contributed by atoms with Gasteiger partial charge in [-0.1, -0.05) is 31.4 Å². The van der Waals surface area contributed by atoms with Crippen LogP contribution in [0.1, 0.15) is 56.8 Å². The van der Waals surface area contributed by atoms with Crippen LogP contribution in [-0.2, 0) is 16.1 Å². The molecule has 5 aliphatic rings. The van der Waals surface area contributed by atoms with E-state index in [4.69, 9.17) is 0 Å². The van der Waals surface area contributed by atoms with Crippen LogP contribution in [-0.4, -0.2) is 36.9 Å². The first-order valence-corrected chi connectivity index (χ1v) is 9.54. The molecular formula is C18H23N5O2. The van der Waals surface area contributed by atoms with Crippen molar-refractivity contribution in [3.63, 3.8) is 0 Å². The van der Waals surface area contributed by atoms with Crippen LogP contribution in [0.15, 0.2) is 12.2 Å². The Kier molecular flexibility index (Phi) is 3.50. The van der Waals surface area contributed by atoms with Crippen molar-refractivity contribution in [3.8, 4) is 0 Å². The van der Waals surface area contributed by atoms with Crippen molar-refractivity contribution in [2.45, 2.75) is 57.5 Å². The number of hydrogen-bond acceptors (Lipinski definition) is 5. The fourth-order valence-electron chi connectivity index (χ4n) is 5.36. The minimum atomic E-state index is -0.157. The van der Waals surface area contributed by atoms with Crippen LogP contribution in [0.4, 0.5) is 0 Å². The molecule has 0 aromatic carbocycles. The van der Waals surface area contributed by atoms with Gasteiger partial charge in [0.1, 0.15) is 0 Å². The average Bonchev–Trinajstić information content (AvgIpc) is 3.23. The van der Waals surface area contributed by atoms with Crippen LogP contribution < -0.4 is 0 Å². The summed E-state index contributed by atoms with van der Waals surface area (Å²) >= 11 is 0. The van der Waals surface area contributed by atoms with Gasteiger partial charge in [0.15, 0.2) is 5.82 Å². The van der Waals surface area contributed by atoms with Crippen molar-refractivity contribution in [2.75, 3.05) is 0 Å². The third-order valence-electron chi connectivity index (χ3n) is 6.63. The fourth-order valence-corrected chi connectivity index (χ4v) is 5.36. The van der Waals surface area contributed by atoms with Gasteiger partial charge in [0, 0.05) is 0 Å². The van der Waals surface area contributed by atoms with Gasteiger partial charge >= 0.3 is 0 Å². The van der Waals surface area contributed by atoms with Crippen LogP contribution >= 0.6 is 0 Å². The van der Waals surface area contributed by atoms with E-state index in [1.54, 1.807) is 0 Å². The summed E-state index contributed by atoms with van der Waals surface area (Å²) in [6.07, 6.45) is 12.1. The number of carbonyl (C=O) groups is 2. The maximum absolute atomic E-state index is 12.9. The highest BCUT2D eigenvalue weighted by atomic mass is 16.2. The Labute approximate surface area is 146 Å². The lowest BCUT2D eigenvalue weighted by molar-refractivity contribution is -0.141. The Morgan fingerprint density at radius 1 is 0.920 bits per heavy atom. The molecule has 1 aromatic heterocycles. The minimum Gasteiger partial charge on any atom is -0.274 e. The molecule has 25 heavy (non-hydrogen) atoms. The summed E-state index contributed by atoms with van der Waals surface area (Å²) in [5, 5.41) is 12.1. The smallest absolute Gasteiger partial charge is 0.234 e. The van der Waals surface area contributed by atoms with Crippen LogP contribution in [0.25, 0.3) is 0 Å². The Morgan fingerprint density at radius 3 is 2.16 bits per heavy atom. The summed E-state index contributed by atoms with van der Waals surface area (Å²) < 4.78 is 1.86. The number of nitrogens with zero attached hydrogens (tertiary/aromatic N) is 5. The van der Waals surface area contributed by atoms with E-state index in [1.807, 2.05) is 4.68 Å². The number of rotatable bonds is 3. The van der Waals surface area contributed by atoms with Crippen molar-refractivity contribution >= 4 is 11.8 Å². The highest BCUT2D eigenvalue weighted by Gasteiger charge is 2.56. The molecule has 4 atom stereocenters. The number of aromatic nitrogens is 4. The molecule has 0 radical (unpaired) electrons. The van der Waals surface area contributed by atoms with Crippen molar-refractivity contribution < 1.29 is 9.59 Å². The SMILES string of the molecule is O=C1C2C3C=CC(CC3)C2C(=O)N1Cc1nnnn1C1CCCCC1. The quantitative estimate of drug-likeness (QED) is 0.619. The second-order valence-electron chi connectivity index (χ2n) is 7.94. The van der Waals surface area contributed by atoms with E-state index in [1.165, 1.54) is 24.2 Å². The molecule has 1 saturated heterocycles. The molecule has 1 aliphatic heterocycles. The van der Waals surface area contributed by atoms with Gasteiger partial charge in [-0.25, -0.2) is 4.68 Å². The van der Waals surface area contributed by atoms with E-state index >= 15 is 0 Å². The molecule has 7 nitrogen and oxygen atoms in total. The number of amides is 2. The number of imide groups is 1. The van der Waals surface area contributed by atoms with Crippen molar-refractivity contribution in [3.05, 3.63) is 18.0 Å². The van der Waals surface area contributed by atoms with E-state index in [9.17, 15) is 9.59 Å². The largest absolute Gasteiger partial charge is 0.274 e. The molecule has 0 spiro atoms. The van der Waals surface area contributed by atoms with Crippen molar-refractivity contribution in [1.29, 1.82) is 0 Å². The highest BCUT2D eigenvalue weighted by Crippen LogP contribution is 2.49. The first kappa shape index (κ1) is 15.2. The number of likely N-dealkylation sites (tertiary alicyclic amines) is 1. The van der Waals surface area contributed by atoms with E-state index in [0.29, 0.717) is 11.9 Å². The molecule has 4 aliphatic carbocycles. The molecule has 4 unspecified atom stereocenters. The Hall–Kier alpha value is -2.05. The van der Waals surface area contributed by atoms with Gasteiger partial charge in [-0.05, 0) is 47.9 Å². The van der Waals surface area contributed by atoms with Crippen molar-refractivity contribution in [2.24, 2.45) is 23.7 Å². The van der Waals surface area contributed by atoms with Gasteiger partial charge in [-0.15, -0.1) is 5.10 Å². The van der Waals surface area contributed by atoms with E-state index in [2.05, 4.69) is 27.7 Å². The zero-order valence-corrected chi connectivity index (χ0v) is 14.3. The monoisotopic (exact) mass is 341 g/mol. The third-order valence-corrected chi connectivity index (χ3v) is 6.63. The second-order valence-corrected chi connectivity index (χ2v) is 7.94. The summed E-state index contributed by atoms with van der Waals surface area (Å²) in [6, 6.07) is 0.298. The zero-order valence-electron chi connectivity index (χ0n) is 14.3. The molecule has 3 fully saturated rings. The number of carbonyl (C=O) groups excluding carboxylic acids is 2. The first-order valence-electron chi connectivity index (χ1n) is 9.54. The zero-order chi connectivity index (χ0) is 17.0. The average molecular weight is 341 g/mol. The van der Waals surface area contributed by atoms with Gasteiger partial charge in [-0.2, -0.15) is 0 Å². The van der Waals surface area contributed by atoms with Gasteiger partial charge in [-0.3, -0.25) is 14.5 Å². The van der Waals surface area contributed by atoms with Gasteiger partial charge < -0.3 is 0 Å². The summed E-state index contributed by atoms with van der Waals surface area (Å²) in [6.45, 7) is 0.216. The molecule has 2 saturated carbocycles. The summed E-state index contributed by atoms with van der Waals surface area (Å²) in [4.78, 5) is 27.3. The van der Waals surface area contributed by atoms with Crippen LogP contribution in [0, 0.1) is 23.7 Å². The topological polar surface area (TPSA) is 81.0 Å². The Balaban J connectivity index is 1.40. The van der Waals surface area contributed by atoms with Gasteiger partial charge in [0.2, 0.25) is 11.8 Å². The molecule has 7 heteroatoms. The van der Waals surface area contributed by atoms with Gasteiger partial charge in [0.05, 0.1) is 24.4 Å². The lowest BCUT2D eigenvalue weighted by Crippen LogP contribution is -2.38. The molecule has 2 bridgehead atoms. The van der Waals surface area contributed by atoms with Crippen molar-refractivity contribution in [1.82, 2.24) is 25.1 Å². The standard InChI is InChI=1S/C18H23N5O2/c24-17-15-11-6-7-12(9-8-11)16(15)18(25)22(17)10-14-19-20-21-23(14)13-4-2-1-3-5-13/h6-7,11-13,15-16H,1-5,8-10H2. The highest BCUT2D eigenvalue weighted by molar-refractivity contribution is 6.05. The first-order chi connectivity index (χ1) is 12.2. The molecule has 2 heterocycles. The number of tetrazole rings is 1. The summed E-state index contributed by atoms with van der Waals surface area (Å²) in [7, 11) is 0. The second kappa shape index (κ2) is 5.75. The molecule has 132 valence electrons. The predicted octanol–water partition coefficient (Wildman–Crippen LogP) is 1.88. The van der Waals surface area contributed by atoms with Gasteiger partial charge in [0.25, 0.3) is 0 Å². The number of allylic oxidation sites excluding steroid dienone is 2. The number of hydrogen-bond donors (Lipinski definition) is 0. The summed E-state index contributed by atoms with van der Waals surface area (Å²) in [5.41, 5.74) is 0.